The maximum Gasteiger partial charge on any atom is 0.290 e. The lowest BCUT2D eigenvalue weighted by Gasteiger charge is -2.20. The van der Waals surface area contributed by atoms with Gasteiger partial charge in [-0.3, -0.25) is 9.59 Å². The third-order valence-electron chi connectivity index (χ3n) is 4.57. The molecule has 0 N–H and O–H groups in total. The first kappa shape index (κ1) is 16.3. The smallest absolute Gasteiger partial charge is 0.290 e. The quantitative estimate of drug-likeness (QED) is 0.723. The summed E-state index contributed by atoms with van der Waals surface area (Å²) >= 11 is 0. The monoisotopic (exact) mass is 353 g/mol. The van der Waals surface area contributed by atoms with Crippen LogP contribution in [0.25, 0.3) is 11.0 Å². The van der Waals surface area contributed by atoms with Crippen molar-refractivity contribution in [1.29, 1.82) is 0 Å². The number of fused-ring (bicyclic) bond motifs is 2. The van der Waals surface area contributed by atoms with E-state index < -0.39 is 17.3 Å². The van der Waals surface area contributed by atoms with E-state index in [0.717, 1.165) is 11.6 Å². The van der Waals surface area contributed by atoms with Gasteiger partial charge in [0.15, 0.2) is 5.43 Å². The van der Waals surface area contributed by atoms with E-state index in [1.165, 1.54) is 17.0 Å². The van der Waals surface area contributed by atoms with E-state index in [1.54, 1.807) is 19.2 Å². The molecule has 26 heavy (non-hydrogen) atoms. The van der Waals surface area contributed by atoms with Crippen molar-refractivity contribution >= 4 is 16.9 Å². The van der Waals surface area contributed by atoms with Crippen LogP contribution in [0, 0.1) is 5.82 Å². The van der Waals surface area contributed by atoms with Gasteiger partial charge in [-0.25, -0.2) is 4.39 Å². The summed E-state index contributed by atoms with van der Waals surface area (Å²) < 4.78 is 24.7. The molecule has 3 aromatic rings. The zero-order chi connectivity index (χ0) is 18.4. The highest BCUT2D eigenvalue weighted by Gasteiger charge is 2.40. The second-order valence-electron chi connectivity index (χ2n) is 6.14. The topological polar surface area (TPSA) is 59.8 Å². The summed E-state index contributed by atoms with van der Waals surface area (Å²) in [6, 6.07) is 10.3. The van der Waals surface area contributed by atoms with Gasteiger partial charge in [0.1, 0.15) is 17.1 Å². The van der Waals surface area contributed by atoms with Crippen LogP contribution >= 0.6 is 0 Å². The van der Waals surface area contributed by atoms with Gasteiger partial charge in [-0.15, -0.1) is 0 Å². The maximum atomic E-state index is 13.6. The number of carbonyl (C=O) groups is 1. The molecule has 2 aromatic carbocycles. The highest BCUT2D eigenvalue weighted by atomic mass is 19.1. The summed E-state index contributed by atoms with van der Waals surface area (Å²) in [7, 11) is 1.61. The lowest BCUT2D eigenvalue weighted by atomic mass is 9.98. The Labute approximate surface area is 148 Å². The first-order valence-electron chi connectivity index (χ1n) is 8.27. The van der Waals surface area contributed by atoms with E-state index in [4.69, 9.17) is 9.15 Å². The second-order valence-corrected chi connectivity index (χ2v) is 6.14. The van der Waals surface area contributed by atoms with E-state index in [-0.39, 0.29) is 28.2 Å². The van der Waals surface area contributed by atoms with Crippen LogP contribution in [0.3, 0.4) is 0 Å². The SMILES string of the molecule is CCOc1ccc(C2c3c(oc4ccc(F)cc4c3=O)C(=O)N2C)cc1. The molecule has 1 amide bonds. The second kappa shape index (κ2) is 5.98. The molecule has 0 saturated carbocycles. The zero-order valence-corrected chi connectivity index (χ0v) is 14.3. The van der Waals surface area contributed by atoms with Gasteiger partial charge in [0.2, 0.25) is 5.76 Å². The summed E-state index contributed by atoms with van der Waals surface area (Å²) in [6.45, 7) is 2.44. The van der Waals surface area contributed by atoms with Gasteiger partial charge < -0.3 is 14.1 Å². The molecule has 6 heteroatoms. The lowest BCUT2D eigenvalue weighted by Crippen LogP contribution is -2.25. The summed E-state index contributed by atoms with van der Waals surface area (Å²) in [5.74, 6) is -0.186. The molecule has 132 valence electrons. The van der Waals surface area contributed by atoms with Gasteiger partial charge in [-0.1, -0.05) is 12.1 Å². The van der Waals surface area contributed by atoms with Crippen LogP contribution in [0.1, 0.15) is 34.6 Å². The van der Waals surface area contributed by atoms with Crippen molar-refractivity contribution < 1.29 is 18.3 Å². The number of hydrogen-bond donors (Lipinski definition) is 0. The Kier molecular flexibility index (Phi) is 3.76. The molecule has 1 aromatic heterocycles. The Morgan fingerprint density at radius 1 is 1.15 bits per heavy atom. The third kappa shape index (κ3) is 2.37. The molecule has 0 fully saturated rings. The zero-order valence-electron chi connectivity index (χ0n) is 14.3. The summed E-state index contributed by atoms with van der Waals surface area (Å²) in [6.07, 6.45) is 0. The molecule has 0 bridgehead atoms. The number of ether oxygens (including phenoxy) is 1. The Balaban J connectivity index is 1.91. The number of nitrogens with zero attached hydrogens (tertiary/aromatic N) is 1. The fourth-order valence-electron chi connectivity index (χ4n) is 3.36. The predicted molar refractivity (Wildman–Crippen MR) is 94.0 cm³/mol. The van der Waals surface area contributed by atoms with Crippen molar-refractivity contribution in [2.75, 3.05) is 13.7 Å². The van der Waals surface area contributed by atoms with Crippen LogP contribution < -0.4 is 10.2 Å². The maximum absolute atomic E-state index is 13.6. The van der Waals surface area contributed by atoms with Crippen molar-refractivity contribution in [1.82, 2.24) is 4.90 Å². The fourth-order valence-corrected chi connectivity index (χ4v) is 3.36. The number of carbonyl (C=O) groups excluding carboxylic acids is 1. The van der Waals surface area contributed by atoms with Crippen molar-refractivity contribution in [3.8, 4) is 5.75 Å². The van der Waals surface area contributed by atoms with Crippen LogP contribution in [0.2, 0.25) is 0 Å². The molecule has 1 unspecified atom stereocenters. The summed E-state index contributed by atoms with van der Waals surface area (Å²) in [5, 5.41) is 0.128. The van der Waals surface area contributed by atoms with Gasteiger partial charge in [-0.2, -0.15) is 0 Å². The third-order valence-corrected chi connectivity index (χ3v) is 4.57. The molecule has 2 heterocycles. The first-order chi connectivity index (χ1) is 12.5. The number of amides is 1. The van der Waals surface area contributed by atoms with Gasteiger partial charge in [0, 0.05) is 7.05 Å². The van der Waals surface area contributed by atoms with Crippen molar-refractivity contribution in [2.45, 2.75) is 13.0 Å². The highest BCUT2D eigenvalue weighted by Crippen LogP contribution is 2.37. The van der Waals surface area contributed by atoms with Crippen LogP contribution in [0.4, 0.5) is 4.39 Å². The number of halogens is 1. The van der Waals surface area contributed by atoms with Crippen molar-refractivity contribution in [3.05, 3.63) is 75.4 Å². The van der Waals surface area contributed by atoms with E-state index >= 15 is 0 Å². The van der Waals surface area contributed by atoms with Gasteiger partial charge in [0.25, 0.3) is 5.91 Å². The summed E-state index contributed by atoms with van der Waals surface area (Å²) in [4.78, 5) is 27.1. The molecule has 5 nitrogen and oxygen atoms in total. The van der Waals surface area contributed by atoms with Crippen LogP contribution in [-0.4, -0.2) is 24.5 Å². The van der Waals surface area contributed by atoms with E-state index in [2.05, 4.69) is 0 Å². The molecule has 0 saturated heterocycles. The Bertz CT molecular complexity index is 1070. The first-order valence-corrected chi connectivity index (χ1v) is 8.27. The number of rotatable bonds is 3. The highest BCUT2D eigenvalue weighted by molar-refractivity contribution is 5.98. The molecular weight excluding hydrogens is 337 g/mol. The number of hydrogen-bond acceptors (Lipinski definition) is 4. The average molecular weight is 353 g/mol. The van der Waals surface area contributed by atoms with E-state index in [0.29, 0.717) is 12.4 Å². The Morgan fingerprint density at radius 3 is 2.58 bits per heavy atom. The Hall–Kier alpha value is -3.15. The number of benzene rings is 2. The molecule has 1 atom stereocenters. The lowest BCUT2D eigenvalue weighted by molar-refractivity contribution is 0.0771. The average Bonchev–Trinajstić information content (AvgIpc) is 2.89. The molecule has 1 aliphatic heterocycles. The van der Waals surface area contributed by atoms with E-state index in [1.807, 2.05) is 19.1 Å². The standard InChI is InChI=1S/C20H16FNO4/c1-3-25-13-7-4-11(5-8-13)17-16-18(23)14-10-12(21)6-9-15(14)26-19(16)20(24)22(17)2/h4-10,17H,3H2,1-2H3. The largest absolute Gasteiger partial charge is 0.494 e. The van der Waals surface area contributed by atoms with Gasteiger partial charge in [0.05, 0.1) is 23.6 Å². The minimum atomic E-state index is -0.586. The predicted octanol–water partition coefficient (Wildman–Crippen LogP) is 3.51. The molecule has 0 aliphatic carbocycles. The minimum Gasteiger partial charge on any atom is -0.494 e. The Morgan fingerprint density at radius 2 is 1.88 bits per heavy atom. The van der Waals surface area contributed by atoms with Crippen LogP contribution in [-0.2, 0) is 0 Å². The van der Waals surface area contributed by atoms with Gasteiger partial charge >= 0.3 is 0 Å². The molecule has 0 spiro atoms. The van der Waals surface area contributed by atoms with Crippen molar-refractivity contribution in [2.24, 2.45) is 0 Å². The fraction of sp³-hybridized carbons (Fsp3) is 0.200. The molecule has 4 rings (SSSR count). The summed E-state index contributed by atoms with van der Waals surface area (Å²) in [5.41, 5.74) is 0.799. The van der Waals surface area contributed by atoms with Gasteiger partial charge in [-0.05, 0) is 42.8 Å². The molecule has 0 radical (unpaired) electrons. The van der Waals surface area contributed by atoms with Crippen LogP contribution in [0.5, 0.6) is 5.75 Å². The van der Waals surface area contributed by atoms with E-state index in [9.17, 15) is 14.0 Å². The van der Waals surface area contributed by atoms with Crippen LogP contribution in [0.15, 0.2) is 51.7 Å². The minimum absolute atomic E-state index is 0.00972. The normalized spacial score (nSPS) is 16.2. The van der Waals surface area contributed by atoms with Crippen molar-refractivity contribution in [3.63, 3.8) is 0 Å². The molecule has 1 aliphatic rings. The molecular formula is C20H16FNO4.